The first-order chi connectivity index (χ1) is 12.5. The summed E-state index contributed by atoms with van der Waals surface area (Å²) in [6, 6.07) is 8.91. The van der Waals surface area contributed by atoms with Gasteiger partial charge in [-0.2, -0.15) is 0 Å². The summed E-state index contributed by atoms with van der Waals surface area (Å²) in [7, 11) is 0. The molecule has 0 unspecified atom stereocenters. The zero-order chi connectivity index (χ0) is 18.3. The number of imide groups is 1. The topological polar surface area (TPSA) is 84.9 Å². The Hall–Kier alpha value is -2.87. The number of nitrogens with one attached hydrogen (secondary N) is 1. The van der Waals surface area contributed by atoms with Gasteiger partial charge in [-0.05, 0) is 25.1 Å². The van der Waals surface area contributed by atoms with Crippen LogP contribution in [0.1, 0.15) is 22.2 Å². The monoisotopic (exact) mass is 372 g/mol. The van der Waals surface area contributed by atoms with Crippen molar-refractivity contribution >= 4 is 29.2 Å². The maximum absolute atomic E-state index is 12.5. The summed E-state index contributed by atoms with van der Waals surface area (Å²) >= 11 is 1.31. The van der Waals surface area contributed by atoms with Gasteiger partial charge in [-0.1, -0.05) is 12.1 Å². The minimum Gasteiger partial charge on any atom is -0.488 e. The molecule has 3 heterocycles. The summed E-state index contributed by atoms with van der Waals surface area (Å²) in [5.41, 5.74) is 1.86. The van der Waals surface area contributed by atoms with Crippen LogP contribution in [0.3, 0.4) is 0 Å². The molecule has 7 nitrogen and oxygen atoms in total. The normalized spacial score (nSPS) is 16.2. The van der Waals surface area contributed by atoms with Crippen LogP contribution < -0.4 is 10.1 Å². The molecule has 1 fully saturated rings. The van der Waals surface area contributed by atoms with Gasteiger partial charge in [0.05, 0.1) is 0 Å². The summed E-state index contributed by atoms with van der Waals surface area (Å²) in [6.45, 7) is 2.54. The van der Waals surface area contributed by atoms with E-state index in [1.165, 1.54) is 18.3 Å². The van der Waals surface area contributed by atoms with Crippen molar-refractivity contribution in [1.82, 2.24) is 10.2 Å². The van der Waals surface area contributed by atoms with E-state index < -0.39 is 24.0 Å². The highest BCUT2D eigenvalue weighted by atomic mass is 32.1. The molecule has 2 aliphatic rings. The summed E-state index contributed by atoms with van der Waals surface area (Å²) in [5.74, 6) is -0.323. The predicted octanol–water partition coefficient (Wildman–Crippen LogP) is 2.40. The van der Waals surface area contributed by atoms with Crippen LogP contribution in [-0.4, -0.2) is 42.0 Å². The third-order valence-corrected chi connectivity index (χ3v) is 5.47. The van der Waals surface area contributed by atoms with Crippen LogP contribution in [-0.2, 0) is 16.1 Å². The molecule has 0 spiro atoms. The van der Waals surface area contributed by atoms with Crippen molar-refractivity contribution in [3.8, 4) is 16.2 Å². The molecular formula is C18H16N2O5S. The number of carbonyl (C=O) groups excluding carboxylic acids is 3. The van der Waals surface area contributed by atoms with Gasteiger partial charge in [0.1, 0.15) is 17.2 Å². The second-order valence-electron chi connectivity index (χ2n) is 6.02. The van der Waals surface area contributed by atoms with Gasteiger partial charge in [0, 0.05) is 29.1 Å². The summed E-state index contributed by atoms with van der Waals surface area (Å²) in [6.07, 6.45) is -1.03. The molecule has 3 amide bonds. The number of benzene rings is 1. The lowest BCUT2D eigenvalue weighted by molar-refractivity contribution is -0.135. The van der Waals surface area contributed by atoms with E-state index in [1.807, 2.05) is 24.3 Å². The molecule has 0 bridgehead atoms. The number of urea groups is 1. The Bertz CT molecular complexity index is 907. The van der Waals surface area contributed by atoms with Crippen LogP contribution >= 0.6 is 11.3 Å². The van der Waals surface area contributed by atoms with Crippen LogP contribution in [0, 0.1) is 0 Å². The third kappa shape index (κ3) is 2.82. The molecule has 1 aromatic heterocycles. The molecule has 4 rings (SSSR count). The van der Waals surface area contributed by atoms with Crippen LogP contribution in [0.4, 0.5) is 4.79 Å². The summed E-state index contributed by atoms with van der Waals surface area (Å²) in [4.78, 5) is 38.7. The Morgan fingerprint density at radius 2 is 2.15 bits per heavy atom. The van der Waals surface area contributed by atoms with Crippen molar-refractivity contribution in [2.24, 2.45) is 0 Å². The van der Waals surface area contributed by atoms with E-state index in [1.54, 1.807) is 6.07 Å². The van der Waals surface area contributed by atoms with E-state index in [4.69, 9.17) is 9.47 Å². The number of esters is 1. The number of ether oxygens (including phenoxy) is 2. The number of carbonyl (C=O) groups is 3. The zero-order valence-corrected chi connectivity index (χ0v) is 14.8. The molecule has 0 aliphatic carbocycles. The Balaban J connectivity index is 1.51. The maximum atomic E-state index is 12.5. The highest BCUT2D eigenvalue weighted by Gasteiger charge is 2.32. The van der Waals surface area contributed by atoms with E-state index in [0.29, 0.717) is 18.0 Å². The minimum atomic E-state index is -1.03. The fourth-order valence-corrected chi connectivity index (χ4v) is 4.05. The van der Waals surface area contributed by atoms with Crippen molar-refractivity contribution in [2.75, 3.05) is 13.1 Å². The lowest BCUT2D eigenvalue weighted by Crippen LogP contribution is -2.41. The smallest absolute Gasteiger partial charge is 0.349 e. The van der Waals surface area contributed by atoms with Gasteiger partial charge in [0.2, 0.25) is 0 Å². The van der Waals surface area contributed by atoms with Gasteiger partial charge in [0.25, 0.3) is 5.91 Å². The Labute approximate surface area is 153 Å². The molecule has 2 aliphatic heterocycles. The van der Waals surface area contributed by atoms with E-state index >= 15 is 0 Å². The first-order valence-electron chi connectivity index (χ1n) is 8.19. The van der Waals surface area contributed by atoms with Crippen molar-refractivity contribution in [2.45, 2.75) is 19.6 Å². The standard InChI is InChI=1S/C18H16N2O5S/c1-10(16(21)20-7-6-19-18(20)23)25-17(22)14-8-11-9-24-13-5-3-2-4-12(13)15(11)26-14/h2-5,8,10H,6-7,9H2,1H3,(H,19,23)/t10-/m1/s1. The van der Waals surface area contributed by atoms with Gasteiger partial charge in [-0.25, -0.2) is 9.59 Å². The molecule has 0 saturated carbocycles. The van der Waals surface area contributed by atoms with Gasteiger partial charge in [-0.15, -0.1) is 11.3 Å². The molecule has 1 aromatic carbocycles. The molecule has 8 heteroatoms. The maximum Gasteiger partial charge on any atom is 0.349 e. The zero-order valence-electron chi connectivity index (χ0n) is 14.0. The largest absolute Gasteiger partial charge is 0.488 e. The number of amides is 3. The predicted molar refractivity (Wildman–Crippen MR) is 94.1 cm³/mol. The van der Waals surface area contributed by atoms with Crippen molar-refractivity contribution in [3.05, 3.63) is 40.8 Å². The van der Waals surface area contributed by atoms with E-state index in [2.05, 4.69) is 5.32 Å². The number of hydrogen-bond donors (Lipinski definition) is 1. The summed E-state index contributed by atoms with van der Waals surface area (Å²) < 4.78 is 11.0. The number of rotatable bonds is 3. The first-order valence-corrected chi connectivity index (χ1v) is 9.01. The number of nitrogens with zero attached hydrogens (tertiary/aromatic N) is 1. The second-order valence-corrected chi connectivity index (χ2v) is 7.07. The molecular weight excluding hydrogens is 356 g/mol. The molecule has 134 valence electrons. The third-order valence-electron chi connectivity index (χ3n) is 4.28. The lowest BCUT2D eigenvalue weighted by Gasteiger charge is -2.17. The van der Waals surface area contributed by atoms with Gasteiger partial charge >= 0.3 is 12.0 Å². The minimum absolute atomic E-state index is 0.279. The number of thiophene rings is 1. The van der Waals surface area contributed by atoms with Crippen molar-refractivity contribution < 1.29 is 23.9 Å². The van der Waals surface area contributed by atoms with Gasteiger partial charge in [-0.3, -0.25) is 9.69 Å². The number of fused-ring (bicyclic) bond motifs is 3. The van der Waals surface area contributed by atoms with Crippen LogP contribution in [0.2, 0.25) is 0 Å². The second kappa shape index (κ2) is 6.45. The molecule has 1 N–H and O–H groups in total. The highest BCUT2D eigenvalue weighted by Crippen LogP contribution is 2.42. The summed E-state index contributed by atoms with van der Waals surface area (Å²) in [5, 5.41) is 2.55. The average molecular weight is 372 g/mol. The number of para-hydroxylation sites is 1. The highest BCUT2D eigenvalue weighted by molar-refractivity contribution is 7.17. The van der Waals surface area contributed by atoms with E-state index in [9.17, 15) is 14.4 Å². The van der Waals surface area contributed by atoms with Crippen LogP contribution in [0.15, 0.2) is 30.3 Å². The Morgan fingerprint density at radius 3 is 2.92 bits per heavy atom. The van der Waals surface area contributed by atoms with Crippen molar-refractivity contribution in [3.63, 3.8) is 0 Å². The van der Waals surface area contributed by atoms with Crippen molar-refractivity contribution in [1.29, 1.82) is 0 Å². The molecule has 26 heavy (non-hydrogen) atoms. The van der Waals surface area contributed by atoms with Gasteiger partial charge in [0.15, 0.2) is 6.10 Å². The lowest BCUT2D eigenvalue weighted by atomic mass is 10.1. The molecule has 2 aromatic rings. The van der Waals surface area contributed by atoms with Crippen LogP contribution in [0.25, 0.3) is 10.4 Å². The quantitative estimate of drug-likeness (QED) is 0.837. The molecule has 1 atom stereocenters. The average Bonchev–Trinajstić information content (AvgIpc) is 3.27. The Kier molecular flexibility index (Phi) is 4.12. The fourth-order valence-electron chi connectivity index (χ4n) is 2.97. The SMILES string of the molecule is C[C@@H](OC(=O)c1cc2c(s1)-c1ccccc1OC2)C(=O)N1CCNC1=O. The van der Waals surface area contributed by atoms with E-state index in [-0.39, 0.29) is 6.54 Å². The fraction of sp³-hybridized carbons (Fsp3) is 0.278. The number of hydrogen-bond acceptors (Lipinski definition) is 6. The Morgan fingerprint density at radius 1 is 1.35 bits per heavy atom. The molecule has 1 saturated heterocycles. The molecule has 0 radical (unpaired) electrons. The van der Waals surface area contributed by atoms with Gasteiger partial charge < -0.3 is 14.8 Å². The van der Waals surface area contributed by atoms with E-state index in [0.717, 1.165) is 26.7 Å². The first kappa shape index (κ1) is 16.6. The van der Waals surface area contributed by atoms with Crippen LogP contribution in [0.5, 0.6) is 5.75 Å².